The number of hydrogen-bond acceptors (Lipinski definition) is 3. The fraction of sp³-hybridized carbons (Fsp3) is 0.235. The van der Waals surface area contributed by atoms with Crippen LogP contribution >= 0.6 is 0 Å². The van der Waals surface area contributed by atoms with Gasteiger partial charge in [0.15, 0.2) is 0 Å². The Morgan fingerprint density at radius 3 is 2.71 bits per heavy atom. The van der Waals surface area contributed by atoms with Gasteiger partial charge in [-0.1, -0.05) is 30.3 Å². The maximum Gasteiger partial charge on any atom is 0.244 e. The highest BCUT2D eigenvalue weighted by molar-refractivity contribution is 5.91. The Morgan fingerprint density at radius 2 is 2.05 bits per heavy atom. The van der Waals surface area contributed by atoms with Crippen LogP contribution in [0.4, 0.5) is 0 Å². The van der Waals surface area contributed by atoms with Crippen LogP contribution in [0.15, 0.2) is 59.2 Å². The van der Waals surface area contributed by atoms with Gasteiger partial charge in [0.1, 0.15) is 5.76 Å². The molecule has 0 radical (unpaired) electrons. The van der Waals surface area contributed by atoms with Gasteiger partial charge in [0.25, 0.3) is 0 Å². The molecule has 2 rings (SSSR count). The van der Waals surface area contributed by atoms with E-state index in [4.69, 9.17) is 9.52 Å². The Labute approximate surface area is 124 Å². The van der Waals surface area contributed by atoms with E-state index in [1.807, 2.05) is 30.3 Å². The van der Waals surface area contributed by atoms with Crippen molar-refractivity contribution in [2.75, 3.05) is 13.2 Å². The second-order valence-corrected chi connectivity index (χ2v) is 4.71. The number of hydrogen-bond donors (Lipinski definition) is 2. The van der Waals surface area contributed by atoms with Crippen molar-refractivity contribution in [3.05, 3.63) is 66.1 Å². The highest BCUT2D eigenvalue weighted by Gasteiger charge is 2.11. The van der Waals surface area contributed by atoms with E-state index in [-0.39, 0.29) is 18.4 Å². The van der Waals surface area contributed by atoms with Crippen molar-refractivity contribution in [1.29, 1.82) is 0 Å². The lowest BCUT2D eigenvalue weighted by atomic mass is 9.96. The second kappa shape index (κ2) is 8.07. The molecule has 1 unspecified atom stereocenters. The first-order chi connectivity index (χ1) is 10.3. The molecular formula is C17H19NO3. The smallest absolute Gasteiger partial charge is 0.244 e. The van der Waals surface area contributed by atoms with Crippen LogP contribution < -0.4 is 5.32 Å². The zero-order chi connectivity index (χ0) is 14.9. The Morgan fingerprint density at radius 1 is 1.24 bits per heavy atom. The number of benzene rings is 1. The molecule has 4 nitrogen and oxygen atoms in total. The minimum absolute atomic E-state index is 0.0949. The van der Waals surface area contributed by atoms with Crippen molar-refractivity contribution in [3.8, 4) is 0 Å². The summed E-state index contributed by atoms with van der Waals surface area (Å²) in [5, 5.41) is 12.0. The van der Waals surface area contributed by atoms with Crippen molar-refractivity contribution in [1.82, 2.24) is 5.32 Å². The van der Waals surface area contributed by atoms with Crippen LogP contribution in [-0.2, 0) is 4.79 Å². The van der Waals surface area contributed by atoms with Gasteiger partial charge in [0, 0.05) is 25.1 Å². The zero-order valence-corrected chi connectivity index (χ0v) is 11.7. The minimum atomic E-state index is -0.176. The largest absolute Gasteiger partial charge is 0.465 e. The molecule has 0 aliphatic rings. The van der Waals surface area contributed by atoms with Gasteiger partial charge in [-0.05, 0) is 30.2 Å². The third-order valence-electron chi connectivity index (χ3n) is 3.21. The summed E-state index contributed by atoms with van der Waals surface area (Å²) < 4.78 is 5.12. The fourth-order valence-corrected chi connectivity index (χ4v) is 2.09. The SMILES string of the molecule is O=C(/C=C/c1ccco1)NCC(CCO)c1ccccc1. The number of furan rings is 1. The standard InChI is InChI=1S/C17H19NO3/c19-11-10-15(14-5-2-1-3-6-14)13-18-17(20)9-8-16-7-4-12-21-16/h1-9,12,15,19H,10-11,13H2,(H,18,20)/b9-8+. The first kappa shape index (κ1) is 15.1. The number of aliphatic hydroxyl groups is 1. The van der Waals surface area contributed by atoms with E-state index in [2.05, 4.69) is 5.32 Å². The molecule has 21 heavy (non-hydrogen) atoms. The number of carbonyl (C=O) groups excluding carboxylic acids is 1. The molecule has 0 fully saturated rings. The third-order valence-corrected chi connectivity index (χ3v) is 3.21. The lowest BCUT2D eigenvalue weighted by Gasteiger charge is -2.16. The summed E-state index contributed by atoms with van der Waals surface area (Å²) in [5.41, 5.74) is 1.11. The first-order valence-corrected chi connectivity index (χ1v) is 6.95. The molecule has 1 aromatic heterocycles. The molecule has 0 saturated carbocycles. The monoisotopic (exact) mass is 285 g/mol. The summed E-state index contributed by atoms with van der Waals surface area (Å²) in [6.07, 6.45) is 5.25. The van der Waals surface area contributed by atoms with Crippen molar-refractivity contribution in [2.45, 2.75) is 12.3 Å². The summed E-state index contributed by atoms with van der Waals surface area (Å²) in [6, 6.07) is 13.4. The van der Waals surface area contributed by atoms with Crippen LogP contribution in [0, 0.1) is 0 Å². The number of amides is 1. The van der Waals surface area contributed by atoms with Crippen molar-refractivity contribution in [3.63, 3.8) is 0 Å². The maximum atomic E-state index is 11.8. The van der Waals surface area contributed by atoms with Gasteiger partial charge in [-0.15, -0.1) is 0 Å². The summed E-state index contributed by atoms with van der Waals surface area (Å²) in [6.45, 7) is 0.587. The van der Waals surface area contributed by atoms with Crippen LogP contribution in [0.2, 0.25) is 0 Å². The van der Waals surface area contributed by atoms with E-state index in [0.29, 0.717) is 18.7 Å². The first-order valence-electron chi connectivity index (χ1n) is 6.95. The van der Waals surface area contributed by atoms with Crippen LogP contribution in [-0.4, -0.2) is 24.2 Å². The van der Waals surface area contributed by atoms with Gasteiger partial charge >= 0.3 is 0 Å². The van der Waals surface area contributed by atoms with E-state index in [9.17, 15) is 4.79 Å². The molecule has 0 aliphatic heterocycles. The van der Waals surface area contributed by atoms with Gasteiger partial charge < -0.3 is 14.8 Å². The van der Waals surface area contributed by atoms with Gasteiger partial charge in [0.05, 0.1) is 6.26 Å². The van der Waals surface area contributed by atoms with Crippen molar-refractivity contribution < 1.29 is 14.3 Å². The van der Waals surface area contributed by atoms with E-state index in [1.165, 1.54) is 6.08 Å². The Balaban J connectivity index is 1.88. The highest BCUT2D eigenvalue weighted by Crippen LogP contribution is 2.18. The molecule has 1 heterocycles. The van der Waals surface area contributed by atoms with Crippen molar-refractivity contribution >= 4 is 12.0 Å². The molecule has 0 bridgehead atoms. The zero-order valence-electron chi connectivity index (χ0n) is 11.7. The topological polar surface area (TPSA) is 62.5 Å². The Kier molecular flexibility index (Phi) is 5.79. The van der Waals surface area contributed by atoms with E-state index in [0.717, 1.165) is 5.56 Å². The molecule has 2 N–H and O–H groups in total. The van der Waals surface area contributed by atoms with E-state index < -0.39 is 0 Å². The fourth-order valence-electron chi connectivity index (χ4n) is 2.09. The summed E-state index contributed by atoms with van der Waals surface area (Å²) in [4.78, 5) is 11.8. The second-order valence-electron chi connectivity index (χ2n) is 4.71. The average Bonchev–Trinajstić information content (AvgIpc) is 3.03. The average molecular weight is 285 g/mol. The molecule has 0 spiro atoms. The number of rotatable bonds is 7. The Bertz CT molecular complexity index is 561. The lowest BCUT2D eigenvalue weighted by molar-refractivity contribution is -0.116. The van der Waals surface area contributed by atoms with Gasteiger partial charge in [-0.3, -0.25) is 4.79 Å². The number of aliphatic hydroxyl groups excluding tert-OH is 1. The normalized spacial score (nSPS) is 12.4. The highest BCUT2D eigenvalue weighted by atomic mass is 16.3. The van der Waals surface area contributed by atoms with Gasteiger partial charge in [0.2, 0.25) is 5.91 Å². The number of carbonyl (C=O) groups is 1. The molecule has 2 aromatic rings. The van der Waals surface area contributed by atoms with Gasteiger partial charge in [-0.25, -0.2) is 0 Å². The molecule has 0 saturated heterocycles. The van der Waals surface area contributed by atoms with Crippen LogP contribution in [0.3, 0.4) is 0 Å². The third kappa shape index (κ3) is 4.93. The molecule has 1 amide bonds. The molecule has 1 atom stereocenters. The van der Waals surface area contributed by atoms with E-state index >= 15 is 0 Å². The number of nitrogens with one attached hydrogen (secondary N) is 1. The minimum Gasteiger partial charge on any atom is -0.465 e. The summed E-state index contributed by atoms with van der Waals surface area (Å²) in [7, 11) is 0. The molecule has 1 aromatic carbocycles. The van der Waals surface area contributed by atoms with Crippen molar-refractivity contribution in [2.24, 2.45) is 0 Å². The quantitative estimate of drug-likeness (QED) is 0.769. The summed E-state index contributed by atoms with van der Waals surface area (Å²) >= 11 is 0. The molecular weight excluding hydrogens is 266 g/mol. The van der Waals surface area contributed by atoms with Crippen LogP contribution in [0.5, 0.6) is 0 Å². The summed E-state index contributed by atoms with van der Waals surface area (Å²) in [5.74, 6) is 0.572. The molecule has 0 aliphatic carbocycles. The van der Waals surface area contributed by atoms with E-state index in [1.54, 1.807) is 24.5 Å². The maximum absolute atomic E-state index is 11.8. The predicted molar refractivity (Wildman–Crippen MR) is 81.6 cm³/mol. The molecule has 4 heteroatoms. The molecule has 110 valence electrons. The lowest BCUT2D eigenvalue weighted by Crippen LogP contribution is -2.27. The van der Waals surface area contributed by atoms with Crippen LogP contribution in [0.25, 0.3) is 6.08 Å². The van der Waals surface area contributed by atoms with Gasteiger partial charge in [-0.2, -0.15) is 0 Å². The predicted octanol–water partition coefficient (Wildman–Crippen LogP) is 2.58. The van der Waals surface area contributed by atoms with Crippen LogP contribution in [0.1, 0.15) is 23.7 Å². The Hall–Kier alpha value is -2.33.